The maximum Gasteiger partial charge on any atom is 0.227 e. The first-order valence-corrected chi connectivity index (χ1v) is 7.48. The van der Waals surface area contributed by atoms with Gasteiger partial charge < -0.3 is 9.32 Å². The lowest BCUT2D eigenvalue weighted by atomic mass is 10.1. The summed E-state index contributed by atoms with van der Waals surface area (Å²) in [6, 6.07) is 10.3. The molecule has 1 amide bonds. The highest BCUT2D eigenvalue weighted by molar-refractivity contribution is 5.79. The summed E-state index contributed by atoms with van der Waals surface area (Å²) in [7, 11) is 0. The molecule has 0 bridgehead atoms. The van der Waals surface area contributed by atoms with E-state index >= 15 is 0 Å². The average molecular weight is 302 g/mol. The highest BCUT2D eigenvalue weighted by Crippen LogP contribution is 2.12. The van der Waals surface area contributed by atoms with Crippen LogP contribution in [0.4, 0.5) is 4.39 Å². The van der Waals surface area contributed by atoms with Crippen molar-refractivity contribution in [2.24, 2.45) is 0 Å². The normalized spacial score (nSPS) is 16.0. The van der Waals surface area contributed by atoms with Crippen LogP contribution in [0.1, 0.15) is 11.3 Å². The summed E-state index contributed by atoms with van der Waals surface area (Å²) in [4.78, 5) is 16.3. The molecule has 0 atom stereocenters. The van der Waals surface area contributed by atoms with Gasteiger partial charge in [-0.2, -0.15) is 0 Å². The fourth-order valence-electron chi connectivity index (χ4n) is 2.69. The standard InChI is InChI=1S/C17H19FN2O2/c18-16-6-2-1-4-14(16)12-17(21)20-9-7-19(8-10-20)13-15-5-3-11-22-15/h1-6,11H,7-10,12-13H2. The van der Waals surface area contributed by atoms with E-state index in [0.29, 0.717) is 18.7 Å². The van der Waals surface area contributed by atoms with Crippen LogP contribution in [0.5, 0.6) is 0 Å². The Kier molecular flexibility index (Phi) is 4.53. The summed E-state index contributed by atoms with van der Waals surface area (Å²) in [5, 5.41) is 0. The van der Waals surface area contributed by atoms with Gasteiger partial charge >= 0.3 is 0 Å². The van der Waals surface area contributed by atoms with Gasteiger partial charge in [0.05, 0.1) is 19.2 Å². The predicted molar refractivity (Wildman–Crippen MR) is 80.7 cm³/mol. The van der Waals surface area contributed by atoms with Crippen LogP contribution in [0, 0.1) is 5.82 Å². The highest BCUT2D eigenvalue weighted by atomic mass is 19.1. The minimum absolute atomic E-state index is 0.0113. The number of carbonyl (C=O) groups is 1. The fourth-order valence-corrected chi connectivity index (χ4v) is 2.69. The van der Waals surface area contributed by atoms with Gasteiger partial charge in [0.1, 0.15) is 11.6 Å². The topological polar surface area (TPSA) is 36.7 Å². The van der Waals surface area contributed by atoms with Crippen LogP contribution in [0.25, 0.3) is 0 Å². The molecule has 0 N–H and O–H groups in total. The quantitative estimate of drug-likeness (QED) is 0.869. The molecule has 1 saturated heterocycles. The molecule has 22 heavy (non-hydrogen) atoms. The van der Waals surface area contributed by atoms with Gasteiger partial charge in [-0.05, 0) is 23.8 Å². The number of furan rings is 1. The minimum Gasteiger partial charge on any atom is -0.468 e. The van der Waals surface area contributed by atoms with Crippen LogP contribution < -0.4 is 0 Å². The van der Waals surface area contributed by atoms with Crippen molar-refractivity contribution in [2.45, 2.75) is 13.0 Å². The van der Waals surface area contributed by atoms with Gasteiger partial charge in [-0.1, -0.05) is 18.2 Å². The number of piperazine rings is 1. The lowest BCUT2D eigenvalue weighted by Crippen LogP contribution is -2.48. The Balaban J connectivity index is 1.50. The maximum atomic E-state index is 13.6. The lowest BCUT2D eigenvalue weighted by molar-refractivity contribution is -0.132. The van der Waals surface area contributed by atoms with E-state index in [1.54, 1.807) is 24.5 Å². The smallest absolute Gasteiger partial charge is 0.227 e. The molecule has 0 radical (unpaired) electrons. The van der Waals surface area contributed by atoms with Gasteiger partial charge in [0.2, 0.25) is 5.91 Å². The van der Waals surface area contributed by atoms with Crippen LogP contribution in [0.15, 0.2) is 47.1 Å². The van der Waals surface area contributed by atoms with E-state index in [9.17, 15) is 9.18 Å². The van der Waals surface area contributed by atoms with Gasteiger partial charge in [-0.15, -0.1) is 0 Å². The van der Waals surface area contributed by atoms with Crippen molar-refractivity contribution in [1.82, 2.24) is 9.80 Å². The Morgan fingerprint density at radius 1 is 1.09 bits per heavy atom. The van der Waals surface area contributed by atoms with E-state index in [2.05, 4.69) is 4.90 Å². The Labute approximate surface area is 129 Å². The number of carbonyl (C=O) groups excluding carboxylic acids is 1. The monoisotopic (exact) mass is 302 g/mol. The number of halogens is 1. The number of amides is 1. The van der Waals surface area contributed by atoms with Crippen LogP contribution in [-0.2, 0) is 17.8 Å². The van der Waals surface area contributed by atoms with Crippen LogP contribution >= 0.6 is 0 Å². The minimum atomic E-state index is -0.313. The van der Waals surface area contributed by atoms with Gasteiger partial charge in [0.25, 0.3) is 0 Å². The van der Waals surface area contributed by atoms with E-state index in [1.165, 1.54) is 6.07 Å². The maximum absolute atomic E-state index is 13.6. The molecule has 0 saturated carbocycles. The summed E-state index contributed by atoms with van der Waals surface area (Å²) in [6.45, 7) is 3.73. The van der Waals surface area contributed by atoms with Crippen LogP contribution in [-0.4, -0.2) is 41.9 Å². The second-order valence-corrected chi connectivity index (χ2v) is 5.50. The summed E-state index contributed by atoms with van der Waals surface area (Å²) in [5.74, 6) is 0.612. The molecule has 1 fully saturated rings. The molecule has 5 heteroatoms. The molecule has 116 valence electrons. The zero-order valence-electron chi connectivity index (χ0n) is 12.4. The first-order chi connectivity index (χ1) is 10.7. The molecular formula is C17H19FN2O2. The Morgan fingerprint density at radius 3 is 2.55 bits per heavy atom. The molecule has 1 aromatic carbocycles. The van der Waals surface area contributed by atoms with Crippen molar-refractivity contribution in [1.29, 1.82) is 0 Å². The SMILES string of the molecule is O=C(Cc1ccccc1F)N1CCN(Cc2ccco2)CC1. The highest BCUT2D eigenvalue weighted by Gasteiger charge is 2.22. The third kappa shape index (κ3) is 3.54. The molecule has 2 heterocycles. The van der Waals surface area contributed by atoms with E-state index in [1.807, 2.05) is 17.0 Å². The second kappa shape index (κ2) is 6.75. The molecule has 0 spiro atoms. The molecular weight excluding hydrogens is 283 g/mol. The molecule has 4 nitrogen and oxygen atoms in total. The largest absolute Gasteiger partial charge is 0.468 e. The molecule has 0 aliphatic carbocycles. The molecule has 3 rings (SSSR count). The van der Waals surface area contributed by atoms with Gasteiger partial charge in [0, 0.05) is 26.2 Å². The molecule has 1 aliphatic rings. The predicted octanol–water partition coefficient (Wildman–Crippen LogP) is 2.31. The Bertz CT molecular complexity index is 619. The number of benzene rings is 1. The van der Waals surface area contributed by atoms with Crippen molar-refractivity contribution in [2.75, 3.05) is 26.2 Å². The number of rotatable bonds is 4. The number of nitrogens with zero attached hydrogens (tertiary/aromatic N) is 2. The van der Waals surface area contributed by atoms with E-state index in [0.717, 1.165) is 25.4 Å². The number of hydrogen-bond acceptors (Lipinski definition) is 3. The first-order valence-electron chi connectivity index (χ1n) is 7.48. The first kappa shape index (κ1) is 14.8. The third-order valence-corrected chi connectivity index (χ3v) is 3.98. The van der Waals surface area contributed by atoms with Gasteiger partial charge in [0.15, 0.2) is 0 Å². The molecule has 1 aromatic heterocycles. The summed E-state index contributed by atoms with van der Waals surface area (Å²) in [5.41, 5.74) is 0.463. The second-order valence-electron chi connectivity index (χ2n) is 5.50. The zero-order valence-corrected chi connectivity index (χ0v) is 12.4. The van der Waals surface area contributed by atoms with Crippen molar-refractivity contribution < 1.29 is 13.6 Å². The van der Waals surface area contributed by atoms with Crippen molar-refractivity contribution in [3.8, 4) is 0 Å². The Morgan fingerprint density at radius 2 is 1.86 bits per heavy atom. The molecule has 2 aromatic rings. The average Bonchev–Trinajstić information content (AvgIpc) is 3.03. The molecule has 0 unspecified atom stereocenters. The summed E-state index contributed by atoms with van der Waals surface area (Å²) in [6.07, 6.45) is 1.80. The van der Waals surface area contributed by atoms with Crippen molar-refractivity contribution in [3.63, 3.8) is 0 Å². The Hall–Kier alpha value is -2.14. The zero-order chi connectivity index (χ0) is 15.4. The summed E-state index contributed by atoms with van der Waals surface area (Å²) >= 11 is 0. The van der Waals surface area contributed by atoms with Gasteiger partial charge in [-0.25, -0.2) is 4.39 Å². The molecule has 1 aliphatic heterocycles. The fraction of sp³-hybridized carbons (Fsp3) is 0.353. The van der Waals surface area contributed by atoms with E-state index in [-0.39, 0.29) is 18.1 Å². The van der Waals surface area contributed by atoms with Crippen molar-refractivity contribution in [3.05, 3.63) is 59.8 Å². The third-order valence-electron chi connectivity index (χ3n) is 3.98. The lowest BCUT2D eigenvalue weighted by Gasteiger charge is -2.34. The summed E-state index contributed by atoms with van der Waals surface area (Å²) < 4.78 is 18.9. The van der Waals surface area contributed by atoms with E-state index in [4.69, 9.17) is 4.42 Å². The van der Waals surface area contributed by atoms with E-state index < -0.39 is 0 Å². The van der Waals surface area contributed by atoms with Crippen LogP contribution in [0.2, 0.25) is 0 Å². The number of hydrogen-bond donors (Lipinski definition) is 0. The van der Waals surface area contributed by atoms with Crippen LogP contribution in [0.3, 0.4) is 0 Å². The van der Waals surface area contributed by atoms with Gasteiger partial charge in [-0.3, -0.25) is 9.69 Å². The van der Waals surface area contributed by atoms with Crippen molar-refractivity contribution >= 4 is 5.91 Å².